The molecular weight excluding hydrogens is 298 g/mol. The van der Waals surface area contributed by atoms with Crippen LogP contribution in [0.4, 0.5) is 10.5 Å². The molecule has 0 aromatic heterocycles. The van der Waals surface area contributed by atoms with Gasteiger partial charge in [-0.2, -0.15) is 0 Å². The second-order valence-corrected chi connectivity index (χ2v) is 4.87. The van der Waals surface area contributed by atoms with E-state index in [1.54, 1.807) is 0 Å². The van der Waals surface area contributed by atoms with E-state index >= 15 is 0 Å². The molecule has 0 aliphatic rings. The van der Waals surface area contributed by atoms with E-state index in [1.807, 2.05) is 42.5 Å². The second-order valence-electron chi connectivity index (χ2n) is 4.87. The molecule has 1 atom stereocenters. The van der Waals surface area contributed by atoms with E-state index in [0.29, 0.717) is 13.0 Å². The Hall–Kier alpha value is -2.64. The Morgan fingerprint density at radius 1 is 1.09 bits per heavy atom. The zero-order chi connectivity index (χ0) is 17.2. The van der Waals surface area contributed by atoms with Crippen LogP contribution < -0.4 is 16.8 Å². The number of rotatable bonds is 5. The van der Waals surface area contributed by atoms with Gasteiger partial charge in [-0.15, -0.1) is 0 Å². The molecule has 0 saturated heterocycles. The molecule has 7 nitrogen and oxygen atoms in total. The molecule has 0 aliphatic carbocycles. The first-order valence-corrected chi connectivity index (χ1v) is 7.11. The lowest BCUT2D eigenvalue weighted by Gasteiger charge is -2.12. The summed E-state index contributed by atoms with van der Waals surface area (Å²) in [6, 6.07) is 13.3. The largest absolute Gasteiger partial charge is 0.503 e. The average Bonchev–Trinajstić information content (AvgIpc) is 2.51. The van der Waals surface area contributed by atoms with Gasteiger partial charge in [0.25, 0.3) is 0 Å². The molecule has 0 aliphatic heterocycles. The lowest BCUT2D eigenvalue weighted by molar-refractivity contribution is -0.117. The minimum atomic E-state index is -1.83. The van der Waals surface area contributed by atoms with E-state index in [4.69, 9.17) is 26.5 Å². The maximum Gasteiger partial charge on any atom is 0.503 e. The van der Waals surface area contributed by atoms with Crippen molar-refractivity contribution in [1.29, 1.82) is 0 Å². The van der Waals surface area contributed by atoms with Crippen LogP contribution in [0.5, 0.6) is 0 Å². The van der Waals surface area contributed by atoms with Gasteiger partial charge in [-0.25, -0.2) is 4.79 Å². The van der Waals surface area contributed by atoms with Crippen molar-refractivity contribution >= 4 is 28.5 Å². The molecule has 0 unspecified atom stereocenters. The van der Waals surface area contributed by atoms with E-state index < -0.39 is 12.2 Å². The van der Waals surface area contributed by atoms with Gasteiger partial charge in [0.1, 0.15) is 0 Å². The van der Waals surface area contributed by atoms with Gasteiger partial charge in [0.2, 0.25) is 5.91 Å². The Balaban J connectivity index is 0.000000593. The topological polar surface area (TPSA) is 139 Å². The summed E-state index contributed by atoms with van der Waals surface area (Å²) in [6.45, 7) is 0.553. The lowest BCUT2D eigenvalue weighted by Crippen LogP contribution is -2.35. The van der Waals surface area contributed by atoms with Crippen LogP contribution in [0.3, 0.4) is 0 Å². The number of carboxylic acid groups (broad SMARTS) is 2. The predicted octanol–water partition coefficient (Wildman–Crippen LogP) is 2.07. The maximum absolute atomic E-state index is 11.9. The minimum Gasteiger partial charge on any atom is -0.450 e. The van der Waals surface area contributed by atoms with Gasteiger partial charge in [-0.05, 0) is 42.3 Å². The molecule has 124 valence electrons. The first kappa shape index (κ1) is 18.4. The van der Waals surface area contributed by atoms with Crippen molar-refractivity contribution < 1.29 is 19.8 Å². The van der Waals surface area contributed by atoms with Crippen LogP contribution in [0, 0.1) is 0 Å². The summed E-state index contributed by atoms with van der Waals surface area (Å²) in [5.74, 6) is -0.163. The molecule has 2 rings (SSSR count). The predicted molar refractivity (Wildman–Crippen MR) is 89.5 cm³/mol. The number of benzene rings is 2. The molecule has 1 amide bonds. The summed E-state index contributed by atoms with van der Waals surface area (Å²) in [6.07, 6.45) is -0.470. The van der Waals surface area contributed by atoms with Crippen LogP contribution in [0.15, 0.2) is 42.5 Å². The lowest BCUT2D eigenvalue weighted by atomic mass is 10.1. The summed E-state index contributed by atoms with van der Waals surface area (Å²) in [5.41, 5.74) is 12.0. The molecule has 23 heavy (non-hydrogen) atoms. The van der Waals surface area contributed by atoms with E-state index in [0.717, 1.165) is 22.9 Å². The Bertz CT molecular complexity index is 657. The van der Waals surface area contributed by atoms with Crippen LogP contribution in [0.25, 0.3) is 10.8 Å². The molecular formula is C16H21N3O4. The highest BCUT2D eigenvalue weighted by Gasteiger charge is 2.12. The summed E-state index contributed by atoms with van der Waals surface area (Å²) >= 11 is 0. The molecule has 7 N–H and O–H groups in total. The highest BCUT2D eigenvalue weighted by atomic mass is 16.6. The normalized spacial score (nSPS) is 11.2. The van der Waals surface area contributed by atoms with Crippen LogP contribution in [0.1, 0.15) is 12.8 Å². The van der Waals surface area contributed by atoms with Crippen molar-refractivity contribution in [3.8, 4) is 0 Å². The number of carbonyl (C=O) groups is 2. The highest BCUT2D eigenvalue weighted by Crippen LogP contribution is 2.18. The Morgan fingerprint density at radius 2 is 1.70 bits per heavy atom. The van der Waals surface area contributed by atoms with Gasteiger partial charge < -0.3 is 27.0 Å². The van der Waals surface area contributed by atoms with Crippen molar-refractivity contribution in [1.82, 2.24) is 0 Å². The Labute approximate surface area is 133 Å². The van der Waals surface area contributed by atoms with Crippen LogP contribution in [-0.2, 0) is 4.79 Å². The fraction of sp³-hybridized carbons (Fsp3) is 0.250. The standard InChI is InChI=1S/C15H19N3O.CH2O3/c16-9-3-6-14(17)15(19)18-13-8-7-11-4-1-2-5-12(11)10-13;2-1(3)4/h1-2,4-5,7-8,10,14H,3,6,9,16-17H2,(H,18,19);(H2,2,3,4)/t14-;/m0./s1. The Kier molecular flexibility index (Phi) is 7.52. The number of nitrogens with one attached hydrogen (secondary N) is 1. The molecule has 7 heteroatoms. The molecule has 2 aromatic carbocycles. The molecule has 2 aromatic rings. The summed E-state index contributed by atoms with van der Waals surface area (Å²) in [7, 11) is 0. The molecule has 0 fully saturated rings. The number of hydrogen-bond donors (Lipinski definition) is 5. The van der Waals surface area contributed by atoms with Crippen LogP contribution >= 0.6 is 0 Å². The van der Waals surface area contributed by atoms with Crippen molar-refractivity contribution in [3.05, 3.63) is 42.5 Å². The van der Waals surface area contributed by atoms with Gasteiger partial charge in [-0.3, -0.25) is 4.79 Å². The number of nitrogens with two attached hydrogens (primary N) is 2. The summed E-state index contributed by atoms with van der Waals surface area (Å²) in [5, 5.41) is 19.0. The average molecular weight is 319 g/mol. The fourth-order valence-electron chi connectivity index (χ4n) is 1.97. The van der Waals surface area contributed by atoms with Gasteiger partial charge >= 0.3 is 6.16 Å². The molecule has 0 radical (unpaired) electrons. The first-order valence-electron chi connectivity index (χ1n) is 7.11. The zero-order valence-corrected chi connectivity index (χ0v) is 12.6. The number of anilines is 1. The quantitative estimate of drug-likeness (QED) is 0.571. The monoisotopic (exact) mass is 319 g/mol. The smallest absolute Gasteiger partial charge is 0.450 e. The second kappa shape index (κ2) is 9.39. The SMILES string of the molecule is NCCC[C@H](N)C(=O)Nc1ccc2ccccc2c1.O=C(O)O. The number of carbonyl (C=O) groups excluding carboxylic acids is 1. The molecule has 0 heterocycles. The summed E-state index contributed by atoms with van der Waals surface area (Å²) < 4.78 is 0. The van der Waals surface area contributed by atoms with Crippen molar-refractivity contribution in [2.24, 2.45) is 11.5 Å². The third-order valence-corrected chi connectivity index (χ3v) is 3.07. The van der Waals surface area contributed by atoms with E-state index in [-0.39, 0.29) is 5.91 Å². The van der Waals surface area contributed by atoms with Crippen molar-refractivity contribution in [2.75, 3.05) is 11.9 Å². The molecule has 0 bridgehead atoms. The summed E-state index contributed by atoms with van der Waals surface area (Å²) in [4.78, 5) is 20.4. The van der Waals surface area contributed by atoms with Gasteiger partial charge in [0.05, 0.1) is 6.04 Å². The van der Waals surface area contributed by atoms with Crippen molar-refractivity contribution in [3.63, 3.8) is 0 Å². The van der Waals surface area contributed by atoms with E-state index in [9.17, 15) is 4.79 Å². The third kappa shape index (κ3) is 6.77. The van der Waals surface area contributed by atoms with Crippen molar-refractivity contribution in [2.45, 2.75) is 18.9 Å². The van der Waals surface area contributed by atoms with Gasteiger partial charge in [0.15, 0.2) is 0 Å². The number of amides is 1. The highest BCUT2D eigenvalue weighted by molar-refractivity contribution is 5.97. The number of hydrogen-bond acceptors (Lipinski definition) is 4. The first-order chi connectivity index (χ1) is 10.9. The zero-order valence-electron chi connectivity index (χ0n) is 12.6. The Morgan fingerprint density at radius 3 is 2.30 bits per heavy atom. The molecule has 0 saturated carbocycles. The van der Waals surface area contributed by atoms with Gasteiger partial charge in [-0.1, -0.05) is 30.3 Å². The fourth-order valence-corrected chi connectivity index (χ4v) is 1.97. The van der Waals surface area contributed by atoms with Gasteiger partial charge in [0, 0.05) is 5.69 Å². The van der Waals surface area contributed by atoms with Crippen LogP contribution in [-0.4, -0.2) is 34.9 Å². The molecule has 0 spiro atoms. The van der Waals surface area contributed by atoms with Crippen LogP contribution in [0.2, 0.25) is 0 Å². The van der Waals surface area contributed by atoms with E-state index in [2.05, 4.69) is 5.32 Å². The number of fused-ring (bicyclic) bond motifs is 1. The minimum absolute atomic E-state index is 0.163. The van der Waals surface area contributed by atoms with E-state index in [1.165, 1.54) is 0 Å². The maximum atomic E-state index is 11.9. The third-order valence-electron chi connectivity index (χ3n) is 3.07.